The molecule has 33 heavy (non-hydrogen) atoms. The topological polar surface area (TPSA) is 98.6 Å². The zero-order chi connectivity index (χ0) is 23.7. The molecule has 4 aromatic rings. The highest BCUT2D eigenvalue weighted by Gasteiger charge is 2.22. The van der Waals surface area contributed by atoms with Gasteiger partial charge in [0.2, 0.25) is 0 Å². The highest BCUT2D eigenvalue weighted by Crippen LogP contribution is 2.32. The van der Waals surface area contributed by atoms with Gasteiger partial charge in [0.1, 0.15) is 5.75 Å². The molecule has 0 aliphatic rings. The fourth-order valence-electron chi connectivity index (χ4n) is 4.36. The summed E-state index contributed by atoms with van der Waals surface area (Å²) in [5, 5.41) is 20.7. The van der Waals surface area contributed by atoms with Gasteiger partial charge < -0.3 is 19.8 Å². The van der Waals surface area contributed by atoms with E-state index in [9.17, 15) is 19.8 Å². The molecule has 0 spiro atoms. The Labute approximate surface area is 191 Å². The second kappa shape index (κ2) is 8.96. The van der Waals surface area contributed by atoms with Crippen molar-refractivity contribution >= 4 is 16.9 Å². The van der Waals surface area contributed by atoms with Crippen LogP contribution in [-0.2, 0) is 26.6 Å². The summed E-state index contributed by atoms with van der Waals surface area (Å²) in [5.41, 5.74) is 3.58. The number of carboxylic acids is 1. The zero-order valence-electron chi connectivity index (χ0n) is 18.9. The van der Waals surface area contributed by atoms with Gasteiger partial charge in [-0.2, -0.15) is 0 Å². The third-order valence-electron chi connectivity index (χ3n) is 6.02. The first kappa shape index (κ1) is 22.4. The van der Waals surface area contributed by atoms with Crippen LogP contribution in [0.3, 0.4) is 0 Å². The van der Waals surface area contributed by atoms with Crippen molar-refractivity contribution in [3.63, 3.8) is 0 Å². The second-order valence-electron chi connectivity index (χ2n) is 8.32. The van der Waals surface area contributed by atoms with Crippen LogP contribution in [0.5, 0.6) is 5.75 Å². The van der Waals surface area contributed by atoms with Crippen molar-refractivity contribution < 1.29 is 15.0 Å². The summed E-state index contributed by atoms with van der Waals surface area (Å²) < 4.78 is 2.15. The molecule has 0 atom stereocenters. The Balaban J connectivity index is 1.70. The molecule has 2 heterocycles. The highest BCUT2D eigenvalue weighted by molar-refractivity contribution is 5.92. The van der Waals surface area contributed by atoms with Gasteiger partial charge in [-0.15, -0.1) is 0 Å². The van der Waals surface area contributed by atoms with Crippen LogP contribution in [0.25, 0.3) is 22.2 Å². The van der Waals surface area contributed by atoms with E-state index in [-0.39, 0.29) is 0 Å². The summed E-state index contributed by atoms with van der Waals surface area (Å²) in [4.78, 5) is 28.6. The van der Waals surface area contributed by atoms with Crippen LogP contribution in [0.4, 0.5) is 0 Å². The first-order valence-electron chi connectivity index (χ1n) is 10.8. The summed E-state index contributed by atoms with van der Waals surface area (Å²) in [5.74, 6) is -1.92. The number of aromatic carboxylic acids is 1. The maximum Gasteiger partial charge on any atom is 0.345 e. The first-order valence-corrected chi connectivity index (χ1v) is 10.8. The Hall–Kier alpha value is -3.84. The monoisotopic (exact) mass is 445 g/mol. The second-order valence-corrected chi connectivity index (χ2v) is 8.32. The zero-order valence-corrected chi connectivity index (χ0v) is 18.9. The molecule has 0 amide bonds. The number of nitrogens with one attached hydrogen (secondary N) is 1. The molecule has 7 heteroatoms. The minimum Gasteiger partial charge on any atom is -0.506 e. The molecule has 0 saturated carbocycles. The van der Waals surface area contributed by atoms with E-state index in [1.165, 1.54) is 5.56 Å². The number of carboxylic acid groups (broad SMARTS) is 1. The van der Waals surface area contributed by atoms with E-state index in [1.54, 1.807) is 0 Å². The van der Waals surface area contributed by atoms with Crippen molar-refractivity contribution in [3.05, 3.63) is 87.3 Å². The Morgan fingerprint density at radius 2 is 1.82 bits per heavy atom. The Kier molecular flexibility index (Phi) is 6.07. The minimum absolute atomic E-state index is 0.376. The maximum atomic E-state index is 12.3. The number of carbonyl (C=O) groups is 1. The van der Waals surface area contributed by atoms with Crippen LogP contribution in [0.15, 0.2) is 59.4 Å². The quantitative estimate of drug-likeness (QED) is 0.397. The molecule has 3 N–H and O–H groups in total. The SMILES string of the molecule is CCc1c(-c2ccc3c(c2)cc(CN(C)Cc2ccccc2)n3C)[nH]c(=O)c(C(=O)O)c1O. The number of nitrogens with zero attached hydrogens (tertiary/aromatic N) is 2. The number of hydrogen-bond donors (Lipinski definition) is 3. The number of hydrogen-bond acceptors (Lipinski definition) is 4. The van der Waals surface area contributed by atoms with Gasteiger partial charge >= 0.3 is 5.97 Å². The normalized spacial score (nSPS) is 11.4. The number of aromatic amines is 1. The van der Waals surface area contributed by atoms with Crippen LogP contribution in [0, 0.1) is 0 Å². The van der Waals surface area contributed by atoms with E-state index in [2.05, 4.69) is 39.7 Å². The Bertz CT molecular complexity index is 1390. The first-order chi connectivity index (χ1) is 15.8. The van der Waals surface area contributed by atoms with Crippen LogP contribution >= 0.6 is 0 Å². The van der Waals surface area contributed by atoms with Crippen molar-refractivity contribution in [2.24, 2.45) is 7.05 Å². The summed E-state index contributed by atoms with van der Waals surface area (Å²) >= 11 is 0. The van der Waals surface area contributed by atoms with Gasteiger partial charge in [0, 0.05) is 42.3 Å². The standard InChI is InChI=1S/C26H27N3O4/c1-4-20-23(27-25(31)22(24(20)30)26(32)33)17-10-11-21-18(12-17)13-19(29(21)3)15-28(2)14-16-8-6-5-7-9-16/h5-13H,4,14-15H2,1-3H3,(H,32,33)(H2,27,30,31). The lowest BCUT2D eigenvalue weighted by molar-refractivity contribution is 0.0691. The van der Waals surface area contributed by atoms with Gasteiger partial charge in [-0.25, -0.2) is 4.79 Å². The lowest BCUT2D eigenvalue weighted by Gasteiger charge is -2.17. The number of aryl methyl sites for hydroxylation is 1. The lowest BCUT2D eigenvalue weighted by Crippen LogP contribution is -2.20. The molecule has 2 aromatic heterocycles. The van der Waals surface area contributed by atoms with Crippen molar-refractivity contribution in [1.29, 1.82) is 0 Å². The van der Waals surface area contributed by atoms with Crippen LogP contribution in [0.2, 0.25) is 0 Å². The molecular formula is C26H27N3O4. The molecule has 0 saturated heterocycles. The predicted octanol–water partition coefficient (Wildman–Crippen LogP) is 4.13. The van der Waals surface area contributed by atoms with E-state index in [0.717, 1.165) is 35.2 Å². The van der Waals surface area contributed by atoms with Gasteiger partial charge in [0.25, 0.3) is 5.56 Å². The van der Waals surface area contributed by atoms with Gasteiger partial charge in [0.15, 0.2) is 5.56 Å². The maximum absolute atomic E-state index is 12.3. The lowest BCUT2D eigenvalue weighted by atomic mass is 9.99. The smallest absolute Gasteiger partial charge is 0.345 e. The number of aromatic nitrogens is 2. The molecular weight excluding hydrogens is 418 g/mol. The van der Waals surface area contributed by atoms with Crippen molar-refractivity contribution in [1.82, 2.24) is 14.5 Å². The Morgan fingerprint density at radius 3 is 2.48 bits per heavy atom. The van der Waals surface area contributed by atoms with E-state index in [4.69, 9.17) is 0 Å². The third kappa shape index (κ3) is 4.27. The molecule has 170 valence electrons. The average Bonchev–Trinajstić information content (AvgIpc) is 3.08. The van der Waals surface area contributed by atoms with Crippen molar-refractivity contribution in [2.45, 2.75) is 26.4 Å². The van der Waals surface area contributed by atoms with Crippen LogP contribution in [0.1, 0.15) is 34.1 Å². The average molecular weight is 446 g/mol. The summed E-state index contributed by atoms with van der Waals surface area (Å²) in [7, 11) is 4.11. The minimum atomic E-state index is -1.45. The fraction of sp³-hybridized carbons (Fsp3) is 0.231. The van der Waals surface area contributed by atoms with Crippen molar-refractivity contribution in [3.8, 4) is 17.0 Å². The summed E-state index contributed by atoms with van der Waals surface area (Å²) in [6, 6.07) is 18.2. The Morgan fingerprint density at radius 1 is 1.09 bits per heavy atom. The van der Waals surface area contributed by atoms with Gasteiger partial charge in [0.05, 0.1) is 5.69 Å². The highest BCUT2D eigenvalue weighted by atomic mass is 16.4. The van der Waals surface area contributed by atoms with Crippen LogP contribution in [-0.4, -0.2) is 37.7 Å². The molecule has 0 aliphatic carbocycles. The third-order valence-corrected chi connectivity index (χ3v) is 6.02. The molecule has 4 rings (SSSR count). The molecule has 0 bridgehead atoms. The van der Waals surface area contributed by atoms with Crippen molar-refractivity contribution in [2.75, 3.05) is 7.05 Å². The van der Waals surface area contributed by atoms with E-state index >= 15 is 0 Å². The van der Waals surface area contributed by atoms with Gasteiger partial charge in [-0.05, 0) is 42.8 Å². The number of aromatic hydroxyl groups is 1. The fourth-order valence-corrected chi connectivity index (χ4v) is 4.36. The largest absolute Gasteiger partial charge is 0.506 e. The van der Waals surface area contributed by atoms with Gasteiger partial charge in [-0.1, -0.05) is 43.3 Å². The van der Waals surface area contributed by atoms with E-state index in [1.807, 2.05) is 50.4 Å². The van der Waals surface area contributed by atoms with E-state index < -0.39 is 22.8 Å². The van der Waals surface area contributed by atoms with Crippen LogP contribution < -0.4 is 5.56 Å². The molecule has 7 nitrogen and oxygen atoms in total. The summed E-state index contributed by atoms with van der Waals surface area (Å²) in [6.45, 7) is 3.41. The molecule has 0 aliphatic heterocycles. The predicted molar refractivity (Wildman–Crippen MR) is 129 cm³/mol. The number of fused-ring (bicyclic) bond motifs is 1. The number of H-pyrrole nitrogens is 1. The molecule has 0 unspecified atom stereocenters. The molecule has 0 radical (unpaired) electrons. The molecule has 2 aromatic carbocycles. The molecule has 0 fully saturated rings. The van der Waals surface area contributed by atoms with Gasteiger partial charge in [-0.3, -0.25) is 9.69 Å². The number of benzene rings is 2. The summed E-state index contributed by atoms with van der Waals surface area (Å²) in [6.07, 6.45) is 0.376. The number of pyridine rings is 1. The number of rotatable bonds is 7. The van der Waals surface area contributed by atoms with E-state index in [0.29, 0.717) is 17.7 Å².